The predicted octanol–water partition coefficient (Wildman–Crippen LogP) is 3.56. The molecule has 0 spiro atoms. The van der Waals surface area contributed by atoms with Crippen molar-refractivity contribution in [1.29, 1.82) is 0 Å². The molecular formula is C27H28ClN5O3. The second kappa shape index (κ2) is 12.7. The van der Waals surface area contributed by atoms with E-state index in [1.807, 2.05) is 13.0 Å². The van der Waals surface area contributed by atoms with Gasteiger partial charge in [-0.25, -0.2) is 4.98 Å². The number of rotatable bonds is 9. The smallest absolute Gasteiger partial charge is 0.256 e. The summed E-state index contributed by atoms with van der Waals surface area (Å²) in [6.45, 7) is 2.52. The van der Waals surface area contributed by atoms with Crippen molar-refractivity contribution < 1.29 is 14.4 Å². The molecule has 3 amide bonds. The average molecular weight is 506 g/mol. The molecular weight excluding hydrogens is 478 g/mol. The van der Waals surface area contributed by atoms with Crippen LogP contribution in [0.25, 0.3) is 0 Å². The Labute approximate surface area is 215 Å². The molecule has 0 fully saturated rings. The Kier molecular flexibility index (Phi) is 9.39. The lowest BCUT2D eigenvalue weighted by Gasteiger charge is -2.29. The normalized spacial score (nSPS) is 15.8. The number of terminal acetylenes is 1. The van der Waals surface area contributed by atoms with Crippen molar-refractivity contribution in [2.24, 2.45) is 0 Å². The monoisotopic (exact) mass is 505 g/mol. The van der Waals surface area contributed by atoms with E-state index in [0.29, 0.717) is 40.6 Å². The average Bonchev–Trinajstić information content (AvgIpc) is 2.93. The molecule has 2 aromatic rings. The minimum Gasteiger partial charge on any atom is -0.323 e. The highest BCUT2D eigenvalue weighted by molar-refractivity contribution is 6.31. The summed E-state index contributed by atoms with van der Waals surface area (Å²) in [7, 11) is 1.78. The third-order valence-electron chi connectivity index (χ3n) is 5.51. The SMILES string of the molecule is C#C/C=C(\C=C/CC(=O)Nc1ccc(C)cn1)CN1C(=O)c2ccc(Cl)cc2NC(=O)[C@H]1CCNC. The standard InChI is InChI=1S/C27H28ClN5O3/c1-4-6-19(7-5-8-25(34)32-24-12-9-18(2)16-30-24)17-33-23(13-14-29-3)26(35)31-22-15-20(28)10-11-21(22)27(33)36/h1,5-7,9-12,15-16,23,29H,8,13-14,17H2,2-3H3,(H,31,35)(H,30,32,34)/b7-5-,19-6+/t23-/m1/s1. The van der Waals surface area contributed by atoms with Gasteiger partial charge in [0.2, 0.25) is 11.8 Å². The van der Waals surface area contributed by atoms with Crippen molar-refractivity contribution in [3.8, 4) is 12.3 Å². The molecule has 3 N–H and O–H groups in total. The number of amides is 3. The summed E-state index contributed by atoms with van der Waals surface area (Å²) in [5, 5.41) is 8.98. The quantitative estimate of drug-likeness (QED) is 0.357. The summed E-state index contributed by atoms with van der Waals surface area (Å²) in [6, 6.07) is 7.62. The van der Waals surface area contributed by atoms with Crippen molar-refractivity contribution in [3.63, 3.8) is 0 Å². The van der Waals surface area contributed by atoms with Crippen molar-refractivity contribution in [1.82, 2.24) is 15.2 Å². The van der Waals surface area contributed by atoms with Gasteiger partial charge in [-0.15, -0.1) is 6.42 Å². The van der Waals surface area contributed by atoms with Gasteiger partial charge in [0.15, 0.2) is 0 Å². The number of halogens is 1. The van der Waals surface area contributed by atoms with Crippen molar-refractivity contribution >= 4 is 40.8 Å². The summed E-state index contributed by atoms with van der Waals surface area (Å²) in [5.41, 5.74) is 2.31. The van der Waals surface area contributed by atoms with Gasteiger partial charge in [0, 0.05) is 24.2 Å². The van der Waals surface area contributed by atoms with Crippen molar-refractivity contribution in [3.05, 3.63) is 76.5 Å². The van der Waals surface area contributed by atoms with Crippen LogP contribution in [0, 0.1) is 19.3 Å². The number of aromatic nitrogens is 1. The molecule has 3 rings (SSSR count). The zero-order valence-corrected chi connectivity index (χ0v) is 20.9. The Morgan fingerprint density at radius 1 is 1.31 bits per heavy atom. The number of hydrogen-bond donors (Lipinski definition) is 3. The number of nitrogens with one attached hydrogen (secondary N) is 3. The minimum atomic E-state index is -0.735. The van der Waals surface area contributed by atoms with Crippen molar-refractivity contribution in [2.75, 3.05) is 30.8 Å². The molecule has 0 saturated carbocycles. The summed E-state index contributed by atoms with van der Waals surface area (Å²) in [6.07, 6.45) is 12.5. The number of nitrogens with zero attached hydrogens (tertiary/aromatic N) is 2. The Balaban J connectivity index is 1.79. The first kappa shape index (κ1) is 26.7. The fourth-order valence-electron chi connectivity index (χ4n) is 3.71. The number of anilines is 2. The van der Waals surface area contributed by atoms with Crippen LogP contribution in [0.1, 0.15) is 28.8 Å². The van der Waals surface area contributed by atoms with Gasteiger partial charge < -0.3 is 20.9 Å². The predicted molar refractivity (Wildman–Crippen MR) is 142 cm³/mol. The number of benzene rings is 1. The molecule has 0 saturated heterocycles. The zero-order valence-electron chi connectivity index (χ0n) is 20.2. The van der Waals surface area contributed by atoms with Gasteiger partial charge in [-0.05, 0) is 68.4 Å². The van der Waals surface area contributed by atoms with Gasteiger partial charge in [-0.3, -0.25) is 14.4 Å². The van der Waals surface area contributed by atoms with Gasteiger partial charge in [0.25, 0.3) is 5.91 Å². The van der Waals surface area contributed by atoms with Crippen LogP contribution < -0.4 is 16.0 Å². The van der Waals surface area contributed by atoms with Crippen LogP contribution >= 0.6 is 11.6 Å². The molecule has 1 aliphatic rings. The number of aryl methyl sites for hydroxylation is 1. The molecule has 0 radical (unpaired) electrons. The van der Waals surface area contributed by atoms with Gasteiger partial charge in [0.1, 0.15) is 11.9 Å². The molecule has 0 bridgehead atoms. The lowest BCUT2D eigenvalue weighted by Crippen LogP contribution is -2.47. The molecule has 8 nitrogen and oxygen atoms in total. The van der Waals surface area contributed by atoms with Crippen LogP contribution in [-0.2, 0) is 9.59 Å². The van der Waals surface area contributed by atoms with Gasteiger partial charge in [-0.1, -0.05) is 35.7 Å². The summed E-state index contributed by atoms with van der Waals surface area (Å²) < 4.78 is 0. The van der Waals surface area contributed by atoms with E-state index in [9.17, 15) is 14.4 Å². The third-order valence-corrected chi connectivity index (χ3v) is 5.75. The molecule has 1 aromatic heterocycles. The minimum absolute atomic E-state index is 0.0798. The van der Waals surface area contributed by atoms with E-state index in [4.69, 9.17) is 18.0 Å². The molecule has 36 heavy (non-hydrogen) atoms. The molecule has 0 aliphatic carbocycles. The van der Waals surface area contributed by atoms with E-state index in [1.165, 1.54) is 11.0 Å². The maximum atomic E-state index is 13.5. The lowest BCUT2D eigenvalue weighted by atomic mass is 10.1. The first-order chi connectivity index (χ1) is 17.3. The molecule has 0 unspecified atom stereocenters. The molecule has 1 aromatic carbocycles. The maximum Gasteiger partial charge on any atom is 0.256 e. The second-order valence-corrected chi connectivity index (χ2v) is 8.72. The molecule has 2 heterocycles. The number of carbonyl (C=O) groups is 3. The van der Waals surface area contributed by atoms with Crippen molar-refractivity contribution in [2.45, 2.75) is 25.8 Å². The molecule has 186 valence electrons. The fourth-order valence-corrected chi connectivity index (χ4v) is 3.89. The van der Waals surface area contributed by atoms with Crippen LogP contribution in [0.3, 0.4) is 0 Å². The van der Waals surface area contributed by atoms with E-state index >= 15 is 0 Å². The first-order valence-electron chi connectivity index (χ1n) is 11.4. The van der Waals surface area contributed by atoms with Crippen LogP contribution in [-0.4, -0.2) is 53.8 Å². The Morgan fingerprint density at radius 3 is 2.81 bits per heavy atom. The number of hydrogen-bond acceptors (Lipinski definition) is 5. The lowest BCUT2D eigenvalue weighted by molar-refractivity contribution is -0.120. The molecule has 9 heteroatoms. The fraction of sp³-hybridized carbons (Fsp3) is 0.259. The highest BCUT2D eigenvalue weighted by atomic mass is 35.5. The van der Waals surface area contributed by atoms with Gasteiger partial charge >= 0.3 is 0 Å². The van der Waals surface area contributed by atoms with Crippen LogP contribution in [0.5, 0.6) is 0 Å². The van der Waals surface area contributed by atoms with E-state index in [1.54, 1.807) is 49.7 Å². The highest BCUT2D eigenvalue weighted by Gasteiger charge is 2.35. The van der Waals surface area contributed by atoms with Crippen LogP contribution in [0.4, 0.5) is 11.5 Å². The number of pyridine rings is 1. The Morgan fingerprint density at radius 2 is 2.11 bits per heavy atom. The maximum absolute atomic E-state index is 13.5. The second-order valence-electron chi connectivity index (χ2n) is 8.28. The number of fused-ring (bicyclic) bond motifs is 1. The zero-order chi connectivity index (χ0) is 26.1. The molecule has 1 aliphatic heterocycles. The summed E-state index contributed by atoms with van der Waals surface area (Å²) in [5.74, 6) is 2.06. The van der Waals surface area contributed by atoms with E-state index in [2.05, 4.69) is 26.9 Å². The first-order valence-corrected chi connectivity index (χ1v) is 11.8. The molecule has 1 atom stereocenters. The largest absolute Gasteiger partial charge is 0.323 e. The van der Waals surface area contributed by atoms with Crippen LogP contribution in [0.2, 0.25) is 5.02 Å². The Hall–Kier alpha value is -3.93. The van der Waals surface area contributed by atoms with Crippen LogP contribution in [0.15, 0.2) is 60.3 Å². The Bertz CT molecular complexity index is 1230. The number of carbonyl (C=O) groups excluding carboxylic acids is 3. The van der Waals surface area contributed by atoms with Gasteiger partial charge in [-0.2, -0.15) is 0 Å². The third kappa shape index (κ3) is 7.04. The summed E-state index contributed by atoms with van der Waals surface area (Å²) >= 11 is 6.08. The van der Waals surface area contributed by atoms with E-state index in [-0.39, 0.29) is 30.7 Å². The topological polar surface area (TPSA) is 103 Å². The summed E-state index contributed by atoms with van der Waals surface area (Å²) in [4.78, 5) is 44.5. The van der Waals surface area contributed by atoms with E-state index in [0.717, 1.165) is 5.56 Å². The number of allylic oxidation sites excluding steroid dienone is 1. The van der Waals surface area contributed by atoms with Gasteiger partial charge in [0.05, 0.1) is 11.3 Å². The van der Waals surface area contributed by atoms with E-state index < -0.39 is 6.04 Å². The highest BCUT2D eigenvalue weighted by Crippen LogP contribution is 2.28.